The van der Waals surface area contributed by atoms with Crippen LogP contribution >= 0.6 is 0 Å². The molecular weight excluding hydrogens is 218 g/mol. The molecule has 0 aromatic rings. The van der Waals surface area contributed by atoms with Gasteiger partial charge in [0.1, 0.15) is 0 Å². The molecule has 0 radical (unpaired) electrons. The third-order valence-electron chi connectivity index (χ3n) is 0.589. The summed E-state index contributed by atoms with van der Waals surface area (Å²) in [6.45, 7) is 0. The van der Waals surface area contributed by atoms with Crippen molar-refractivity contribution in [2.75, 3.05) is 0 Å². The second-order valence-corrected chi connectivity index (χ2v) is 6.46. The van der Waals surface area contributed by atoms with Crippen LogP contribution in [0.25, 0.3) is 0 Å². The number of hydrogen-bond donors (Lipinski definition) is 1. The van der Waals surface area contributed by atoms with Gasteiger partial charge < -0.3 is 0 Å². The van der Waals surface area contributed by atoms with Crippen molar-refractivity contribution in [1.29, 1.82) is 0 Å². The molecule has 0 aliphatic heterocycles. The maximum atomic E-state index is 11.3. The summed E-state index contributed by atoms with van der Waals surface area (Å²) in [5, 5.41) is 3.76. The molecule has 0 saturated heterocycles. The topological polar surface area (TPSA) is 94.3 Å². The van der Waals surface area contributed by atoms with Gasteiger partial charge in [0.15, 0.2) is 0 Å². The van der Waals surface area contributed by atoms with E-state index in [1.165, 1.54) is 0 Å². The summed E-state index contributed by atoms with van der Waals surface area (Å²) >= 11 is 0. The molecule has 70 valence electrons. The van der Waals surface area contributed by atoms with E-state index in [0.29, 0.717) is 0 Å². The Hall–Kier alpha value is 0.247. The van der Waals surface area contributed by atoms with Crippen molar-refractivity contribution in [2.45, 2.75) is 5.51 Å². The zero-order valence-corrected chi connectivity index (χ0v) is 6.29. The normalized spacial score (nSPS) is 13.7. The minimum atomic E-state index is -6.26. The first-order valence-electron chi connectivity index (χ1n) is 1.84. The second-order valence-electron chi connectivity index (χ2n) is 1.39. The SMILES string of the molecule is NS(=O)(=O)S(=O)(=O)C(F)(F)F.[LiH]. The van der Waals surface area contributed by atoms with Gasteiger partial charge >= 0.3 is 42.3 Å². The summed E-state index contributed by atoms with van der Waals surface area (Å²) in [6.07, 6.45) is 0. The van der Waals surface area contributed by atoms with E-state index in [4.69, 9.17) is 0 Å². The third kappa shape index (κ3) is 2.63. The van der Waals surface area contributed by atoms with Gasteiger partial charge in [-0.25, -0.2) is 13.6 Å². The van der Waals surface area contributed by atoms with Crippen LogP contribution in [0.2, 0.25) is 0 Å². The van der Waals surface area contributed by atoms with Gasteiger partial charge in [0.25, 0.3) is 0 Å². The monoisotopic (exact) mass is 221 g/mol. The Labute approximate surface area is 77.7 Å². The molecule has 2 N–H and O–H groups in total. The van der Waals surface area contributed by atoms with Crippen LogP contribution in [-0.2, 0) is 17.9 Å². The minimum absolute atomic E-state index is 0. The van der Waals surface area contributed by atoms with Crippen molar-refractivity contribution in [1.82, 2.24) is 0 Å². The molecule has 5 nitrogen and oxygen atoms in total. The predicted molar refractivity (Wildman–Crippen MR) is 35.2 cm³/mol. The first-order valence-corrected chi connectivity index (χ1v) is 5.39. The van der Waals surface area contributed by atoms with E-state index < -0.39 is 23.4 Å². The van der Waals surface area contributed by atoms with E-state index in [2.05, 4.69) is 5.14 Å². The Morgan fingerprint density at radius 1 is 1.00 bits per heavy atom. The summed E-state index contributed by atoms with van der Waals surface area (Å²) in [4.78, 5) is 0. The Bertz CT molecular complexity index is 339. The van der Waals surface area contributed by atoms with Gasteiger partial charge in [-0.05, 0) is 0 Å². The summed E-state index contributed by atoms with van der Waals surface area (Å²) in [5.41, 5.74) is -5.86. The van der Waals surface area contributed by atoms with E-state index in [-0.39, 0.29) is 18.9 Å². The van der Waals surface area contributed by atoms with Crippen molar-refractivity contribution in [3.63, 3.8) is 0 Å². The van der Waals surface area contributed by atoms with Crippen LogP contribution in [0.1, 0.15) is 0 Å². The van der Waals surface area contributed by atoms with Gasteiger partial charge in [-0.1, -0.05) is 0 Å². The zero-order chi connectivity index (χ0) is 9.50. The van der Waals surface area contributed by atoms with E-state index in [9.17, 15) is 30.0 Å². The molecule has 0 bridgehead atoms. The molecule has 0 saturated carbocycles. The van der Waals surface area contributed by atoms with Gasteiger partial charge in [0.05, 0.1) is 0 Å². The Morgan fingerprint density at radius 3 is 1.25 bits per heavy atom. The van der Waals surface area contributed by atoms with Crippen LogP contribution in [0.4, 0.5) is 13.2 Å². The number of rotatable bonds is 1. The van der Waals surface area contributed by atoms with Gasteiger partial charge in [0, 0.05) is 0 Å². The van der Waals surface area contributed by atoms with Gasteiger partial charge in [0.2, 0.25) is 0 Å². The Kier molecular flexibility index (Phi) is 4.36. The molecule has 0 heterocycles. The number of halogens is 3. The molecule has 0 fully saturated rings. The average Bonchev–Trinajstić information content (AvgIpc) is 1.58. The first-order chi connectivity index (χ1) is 4.50. The Morgan fingerprint density at radius 2 is 1.25 bits per heavy atom. The first kappa shape index (κ1) is 14.8. The van der Waals surface area contributed by atoms with Crippen LogP contribution in [-0.4, -0.2) is 41.2 Å². The molecule has 0 unspecified atom stereocenters. The summed E-state index contributed by atoms with van der Waals surface area (Å²) in [5.74, 6) is 0. The maximum absolute atomic E-state index is 11.3. The van der Waals surface area contributed by atoms with Crippen LogP contribution in [0.5, 0.6) is 0 Å². The van der Waals surface area contributed by atoms with E-state index in [1.54, 1.807) is 0 Å². The molecule has 0 spiro atoms. The predicted octanol–water partition coefficient (Wildman–Crippen LogP) is -1.52. The van der Waals surface area contributed by atoms with Gasteiger partial charge in [-0.2, -0.15) is 21.6 Å². The van der Waals surface area contributed by atoms with Crippen LogP contribution in [0.15, 0.2) is 0 Å². The van der Waals surface area contributed by atoms with Crippen molar-refractivity contribution >= 4 is 36.8 Å². The van der Waals surface area contributed by atoms with Gasteiger partial charge in [-0.15, -0.1) is 0 Å². The fraction of sp³-hybridized carbons (Fsp3) is 1.00. The molecular formula is CH3F3LiNO4S2. The molecule has 0 aliphatic rings. The van der Waals surface area contributed by atoms with E-state index in [1.807, 2.05) is 0 Å². The molecule has 0 atom stereocenters. The van der Waals surface area contributed by atoms with Crippen molar-refractivity contribution in [2.24, 2.45) is 5.14 Å². The molecule has 0 aromatic carbocycles. The molecule has 0 aromatic heterocycles. The van der Waals surface area contributed by atoms with Crippen LogP contribution in [0, 0.1) is 0 Å². The summed E-state index contributed by atoms with van der Waals surface area (Å²) < 4.78 is 73.1. The molecule has 12 heavy (non-hydrogen) atoms. The quantitative estimate of drug-likeness (QED) is 0.429. The fourth-order valence-electron chi connectivity index (χ4n) is 0.132. The van der Waals surface area contributed by atoms with Crippen molar-refractivity contribution in [3.8, 4) is 0 Å². The van der Waals surface area contributed by atoms with Crippen LogP contribution in [0.3, 0.4) is 0 Å². The second kappa shape index (κ2) is 3.55. The third-order valence-corrected chi connectivity index (χ3v) is 4.17. The van der Waals surface area contributed by atoms with Crippen LogP contribution < -0.4 is 5.14 Å². The molecule has 11 heteroatoms. The summed E-state index contributed by atoms with van der Waals surface area (Å²) in [6, 6.07) is 0. The standard InChI is InChI=1S/CH2F3NO4S2.Li.H/c2-1(3,4)10(6,7)11(5,8)9;;/h(H2,5,8,9);;. The molecule has 0 amide bonds. The Balaban J connectivity index is 0. The molecule has 0 rings (SSSR count). The average molecular weight is 221 g/mol. The van der Waals surface area contributed by atoms with Gasteiger partial charge in [-0.3, -0.25) is 0 Å². The number of alkyl halides is 3. The van der Waals surface area contributed by atoms with E-state index >= 15 is 0 Å². The molecule has 0 aliphatic carbocycles. The number of hydrogen-bond acceptors (Lipinski definition) is 4. The van der Waals surface area contributed by atoms with Crippen molar-refractivity contribution < 1.29 is 30.0 Å². The van der Waals surface area contributed by atoms with E-state index in [0.717, 1.165) is 0 Å². The summed E-state index contributed by atoms with van der Waals surface area (Å²) in [7, 11) is -11.9. The fourth-order valence-corrected chi connectivity index (χ4v) is 1.19. The van der Waals surface area contributed by atoms with Crippen molar-refractivity contribution in [3.05, 3.63) is 0 Å². The number of nitrogens with two attached hydrogens (primary N) is 1. The zero-order valence-electron chi connectivity index (χ0n) is 4.66.